The summed E-state index contributed by atoms with van der Waals surface area (Å²) < 4.78 is 0. The zero-order chi connectivity index (χ0) is 7.52. The molecule has 0 saturated carbocycles. The minimum atomic E-state index is 0.815. The average molecular weight is 146 g/mol. The molecule has 2 bridgehead atoms. The first-order valence-electron chi connectivity index (χ1n) is 3.76. The topological polar surface area (TPSA) is 24.4 Å². The van der Waals surface area contributed by atoms with Crippen LogP contribution in [0.25, 0.3) is 0 Å². The Morgan fingerprint density at radius 1 is 1.36 bits per heavy atom. The average Bonchev–Trinajstić information content (AvgIpc) is 2.02. The van der Waals surface area contributed by atoms with Crippen molar-refractivity contribution in [2.45, 2.75) is 6.54 Å². The summed E-state index contributed by atoms with van der Waals surface area (Å²) in [6.45, 7) is 1.65. The Balaban J connectivity index is 2.37. The van der Waals surface area contributed by atoms with Crippen LogP contribution in [0.15, 0.2) is 29.3 Å². The molecule has 1 N–H and O–H groups in total. The van der Waals surface area contributed by atoms with Crippen molar-refractivity contribution in [3.63, 3.8) is 0 Å². The molecule has 1 aromatic carbocycles. The van der Waals surface area contributed by atoms with E-state index in [9.17, 15) is 0 Å². The van der Waals surface area contributed by atoms with Crippen molar-refractivity contribution in [3.05, 3.63) is 29.8 Å². The fourth-order valence-corrected chi connectivity index (χ4v) is 1.18. The summed E-state index contributed by atoms with van der Waals surface area (Å²) in [7, 11) is 0. The maximum atomic E-state index is 4.22. The lowest BCUT2D eigenvalue weighted by atomic mass is 10.2. The Bertz CT molecular complexity index is 279. The zero-order valence-electron chi connectivity index (χ0n) is 6.25. The number of fused-ring (bicyclic) bond motifs is 2. The van der Waals surface area contributed by atoms with Gasteiger partial charge in [-0.05, 0) is 17.7 Å². The van der Waals surface area contributed by atoms with Crippen LogP contribution in [0.5, 0.6) is 0 Å². The van der Waals surface area contributed by atoms with E-state index in [1.807, 2.05) is 6.21 Å². The van der Waals surface area contributed by atoms with E-state index in [-0.39, 0.29) is 0 Å². The van der Waals surface area contributed by atoms with Crippen LogP contribution in [0.3, 0.4) is 0 Å². The number of hydrogen-bond donors (Lipinski definition) is 1. The highest BCUT2D eigenvalue weighted by atomic mass is 14.9. The first-order valence-corrected chi connectivity index (χ1v) is 3.76. The largest absolute Gasteiger partial charge is 0.380 e. The fraction of sp³-hybridized carbons (Fsp3) is 0.222. The zero-order valence-corrected chi connectivity index (χ0v) is 6.25. The van der Waals surface area contributed by atoms with Crippen LogP contribution in [-0.4, -0.2) is 12.8 Å². The van der Waals surface area contributed by atoms with Gasteiger partial charge in [-0.1, -0.05) is 12.1 Å². The maximum Gasteiger partial charge on any atom is 0.0637 e. The van der Waals surface area contributed by atoms with Gasteiger partial charge < -0.3 is 5.32 Å². The van der Waals surface area contributed by atoms with Gasteiger partial charge in [0.1, 0.15) is 0 Å². The van der Waals surface area contributed by atoms with Crippen LogP contribution in [0.4, 0.5) is 5.69 Å². The van der Waals surface area contributed by atoms with Gasteiger partial charge in [0.2, 0.25) is 0 Å². The van der Waals surface area contributed by atoms with Crippen molar-refractivity contribution in [1.29, 1.82) is 0 Å². The van der Waals surface area contributed by atoms with E-state index < -0.39 is 0 Å². The Kier molecular flexibility index (Phi) is 1.60. The summed E-state index contributed by atoms with van der Waals surface area (Å²) in [4.78, 5) is 4.22. The van der Waals surface area contributed by atoms with Crippen LogP contribution >= 0.6 is 0 Å². The van der Waals surface area contributed by atoms with Gasteiger partial charge in [-0.25, -0.2) is 0 Å². The van der Waals surface area contributed by atoms with E-state index in [2.05, 4.69) is 34.6 Å². The van der Waals surface area contributed by atoms with Crippen LogP contribution < -0.4 is 5.32 Å². The third-order valence-corrected chi connectivity index (χ3v) is 1.73. The SMILES string of the molecule is C1=NCc2cccc(c2)NC1. The molecule has 0 aromatic heterocycles. The summed E-state index contributed by atoms with van der Waals surface area (Å²) in [5.41, 5.74) is 2.46. The second-order valence-electron chi connectivity index (χ2n) is 2.60. The molecule has 1 aromatic rings. The molecule has 2 heteroatoms. The van der Waals surface area contributed by atoms with Gasteiger partial charge >= 0.3 is 0 Å². The van der Waals surface area contributed by atoms with Gasteiger partial charge in [0.25, 0.3) is 0 Å². The molecule has 2 rings (SSSR count). The highest BCUT2D eigenvalue weighted by Crippen LogP contribution is 2.11. The molecule has 56 valence electrons. The van der Waals surface area contributed by atoms with Crippen molar-refractivity contribution in [2.24, 2.45) is 4.99 Å². The number of hydrogen-bond acceptors (Lipinski definition) is 2. The standard InChI is InChI=1S/C9H10N2/c1-2-8-6-9(3-1)11-5-4-10-7-8/h1-4,6,11H,5,7H2. The number of rotatable bonds is 0. The molecule has 0 amide bonds. The molecular formula is C9H10N2. The Morgan fingerprint density at radius 3 is 3.36 bits per heavy atom. The predicted octanol–water partition coefficient (Wildman–Crippen LogP) is 1.68. The van der Waals surface area contributed by atoms with E-state index >= 15 is 0 Å². The second-order valence-corrected chi connectivity index (χ2v) is 2.60. The molecule has 1 aliphatic heterocycles. The monoisotopic (exact) mass is 146 g/mol. The second kappa shape index (κ2) is 2.74. The van der Waals surface area contributed by atoms with Gasteiger partial charge in [0.05, 0.1) is 6.54 Å². The number of aliphatic imine (C=N–C) groups is 1. The first-order chi connectivity index (χ1) is 5.45. The van der Waals surface area contributed by atoms with E-state index in [0.717, 1.165) is 13.1 Å². The third-order valence-electron chi connectivity index (χ3n) is 1.73. The van der Waals surface area contributed by atoms with E-state index in [1.54, 1.807) is 0 Å². The van der Waals surface area contributed by atoms with E-state index in [0.29, 0.717) is 0 Å². The molecule has 1 aliphatic rings. The van der Waals surface area contributed by atoms with Crippen LogP contribution in [-0.2, 0) is 6.54 Å². The van der Waals surface area contributed by atoms with Crippen molar-refractivity contribution < 1.29 is 0 Å². The van der Waals surface area contributed by atoms with Gasteiger partial charge in [0.15, 0.2) is 0 Å². The van der Waals surface area contributed by atoms with Crippen LogP contribution in [0.1, 0.15) is 5.56 Å². The molecule has 0 spiro atoms. The summed E-state index contributed by atoms with van der Waals surface area (Å²) >= 11 is 0. The van der Waals surface area contributed by atoms with Crippen LogP contribution in [0, 0.1) is 0 Å². The number of benzene rings is 1. The molecule has 0 aliphatic carbocycles. The molecule has 0 radical (unpaired) electrons. The minimum absolute atomic E-state index is 0.815. The fourth-order valence-electron chi connectivity index (χ4n) is 1.18. The molecule has 0 saturated heterocycles. The van der Waals surface area contributed by atoms with E-state index in [1.165, 1.54) is 11.3 Å². The first kappa shape index (κ1) is 6.40. The highest BCUT2D eigenvalue weighted by Gasteiger charge is 1.95. The predicted molar refractivity (Wildman–Crippen MR) is 47.1 cm³/mol. The third kappa shape index (κ3) is 1.40. The number of anilines is 1. The molecule has 11 heavy (non-hydrogen) atoms. The Labute approximate surface area is 66.0 Å². The lowest BCUT2D eigenvalue weighted by Crippen LogP contribution is -2.05. The number of nitrogens with zero attached hydrogens (tertiary/aromatic N) is 1. The highest BCUT2D eigenvalue weighted by molar-refractivity contribution is 5.65. The van der Waals surface area contributed by atoms with Gasteiger partial charge in [-0.2, -0.15) is 0 Å². The normalized spacial score (nSPS) is 14.9. The lowest BCUT2D eigenvalue weighted by molar-refractivity contribution is 1.06. The van der Waals surface area contributed by atoms with Gasteiger partial charge in [0, 0.05) is 18.4 Å². The summed E-state index contributed by atoms with van der Waals surface area (Å²) in [6.07, 6.45) is 1.92. The Hall–Kier alpha value is -1.31. The van der Waals surface area contributed by atoms with E-state index in [4.69, 9.17) is 0 Å². The van der Waals surface area contributed by atoms with Gasteiger partial charge in [-0.15, -0.1) is 0 Å². The minimum Gasteiger partial charge on any atom is -0.380 e. The van der Waals surface area contributed by atoms with Crippen molar-refractivity contribution in [2.75, 3.05) is 11.9 Å². The lowest BCUT2D eigenvalue weighted by Gasteiger charge is -2.07. The molecule has 0 unspecified atom stereocenters. The number of nitrogens with one attached hydrogen (secondary N) is 1. The van der Waals surface area contributed by atoms with Crippen molar-refractivity contribution in [1.82, 2.24) is 0 Å². The van der Waals surface area contributed by atoms with Crippen molar-refractivity contribution >= 4 is 11.9 Å². The molecule has 0 atom stereocenters. The molecular weight excluding hydrogens is 136 g/mol. The summed E-state index contributed by atoms with van der Waals surface area (Å²) in [5.74, 6) is 0. The smallest absolute Gasteiger partial charge is 0.0637 e. The van der Waals surface area contributed by atoms with Gasteiger partial charge in [-0.3, -0.25) is 4.99 Å². The molecule has 1 heterocycles. The summed E-state index contributed by atoms with van der Waals surface area (Å²) in [6, 6.07) is 8.35. The Morgan fingerprint density at radius 2 is 2.36 bits per heavy atom. The quantitative estimate of drug-likeness (QED) is 0.591. The summed E-state index contributed by atoms with van der Waals surface area (Å²) in [5, 5.41) is 3.24. The van der Waals surface area contributed by atoms with Crippen LogP contribution in [0.2, 0.25) is 0 Å². The molecule has 2 nitrogen and oxygen atoms in total. The molecule has 0 fully saturated rings. The maximum absolute atomic E-state index is 4.22. The van der Waals surface area contributed by atoms with Crippen molar-refractivity contribution in [3.8, 4) is 0 Å².